The van der Waals surface area contributed by atoms with E-state index in [0.717, 1.165) is 17.3 Å². The molecule has 0 spiro atoms. The number of nitrogens with two attached hydrogens (primary N) is 1. The fraction of sp³-hybridized carbons (Fsp3) is 0.500. The molecule has 27 heavy (non-hydrogen) atoms. The molecule has 2 aliphatic rings. The van der Waals surface area contributed by atoms with Gasteiger partial charge in [0.2, 0.25) is 0 Å². The number of aromatic nitrogens is 3. The molecule has 2 atom stereocenters. The highest BCUT2D eigenvalue weighted by atomic mass is 32.2. The summed E-state index contributed by atoms with van der Waals surface area (Å²) in [5, 5.41) is 0.666. The predicted molar refractivity (Wildman–Crippen MR) is 103 cm³/mol. The first-order valence-corrected chi connectivity index (χ1v) is 10.1. The summed E-state index contributed by atoms with van der Waals surface area (Å²) < 4.78 is 18.1. The van der Waals surface area contributed by atoms with Crippen LogP contribution in [-0.2, 0) is 9.47 Å². The quantitative estimate of drug-likeness (QED) is 0.617. The molecule has 2 saturated heterocycles. The van der Waals surface area contributed by atoms with Gasteiger partial charge in [-0.25, -0.2) is 9.97 Å². The van der Waals surface area contributed by atoms with E-state index in [1.807, 2.05) is 25.3 Å². The summed E-state index contributed by atoms with van der Waals surface area (Å²) >= 11 is 1.47. The molecule has 0 saturated carbocycles. The molecule has 2 aliphatic heterocycles. The average molecular weight is 389 g/mol. The van der Waals surface area contributed by atoms with Gasteiger partial charge in [-0.2, -0.15) is 0 Å². The zero-order chi connectivity index (χ0) is 18.8. The van der Waals surface area contributed by atoms with E-state index in [2.05, 4.69) is 19.9 Å². The largest absolute Gasteiger partial charge is 0.484 e. The third kappa shape index (κ3) is 4.26. The summed E-state index contributed by atoms with van der Waals surface area (Å²) in [6.45, 7) is 4.30. The van der Waals surface area contributed by atoms with Crippen molar-refractivity contribution < 1.29 is 14.2 Å². The van der Waals surface area contributed by atoms with Crippen LogP contribution < -0.4 is 15.4 Å². The van der Waals surface area contributed by atoms with Crippen LogP contribution in [0, 0.1) is 6.92 Å². The molecular formula is C18H23N5O3S. The molecule has 0 bridgehead atoms. The van der Waals surface area contributed by atoms with E-state index in [1.165, 1.54) is 11.8 Å². The van der Waals surface area contributed by atoms with Crippen molar-refractivity contribution in [2.24, 2.45) is 0 Å². The first-order chi connectivity index (χ1) is 13.1. The lowest BCUT2D eigenvalue weighted by atomic mass is 10.3. The fourth-order valence-corrected chi connectivity index (χ4v) is 3.61. The maximum atomic E-state index is 6.08. The number of anilines is 2. The molecule has 2 fully saturated rings. The van der Waals surface area contributed by atoms with Crippen molar-refractivity contribution in [1.82, 2.24) is 15.0 Å². The van der Waals surface area contributed by atoms with E-state index in [9.17, 15) is 0 Å². The summed E-state index contributed by atoms with van der Waals surface area (Å²) in [6, 6.07) is 5.64. The molecular weight excluding hydrogens is 366 g/mol. The van der Waals surface area contributed by atoms with Crippen molar-refractivity contribution in [3.63, 3.8) is 0 Å². The van der Waals surface area contributed by atoms with Gasteiger partial charge in [0, 0.05) is 24.8 Å². The molecule has 0 aromatic carbocycles. The first-order valence-electron chi connectivity index (χ1n) is 8.86. The molecule has 0 unspecified atom stereocenters. The van der Waals surface area contributed by atoms with Gasteiger partial charge >= 0.3 is 0 Å². The van der Waals surface area contributed by atoms with Crippen molar-refractivity contribution >= 4 is 23.4 Å². The highest BCUT2D eigenvalue weighted by Crippen LogP contribution is 2.27. The van der Waals surface area contributed by atoms with Gasteiger partial charge in [-0.05, 0) is 25.3 Å². The van der Waals surface area contributed by atoms with Gasteiger partial charge in [-0.3, -0.25) is 4.98 Å². The normalized spacial score (nSPS) is 23.1. The molecule has 144 valence electrons. The number of ether oxygens (including phenoxy) is 3. The number of nitrogen functional groups attached to an aromatic ring is 1. The summed E-state index contributed by atoms with van der Waals surface area (Å²) in [5.41, 5.74) is 6.86. The predicted octanol–water partition coefficient (Wildman–Crippen LogP) is 1.54. The molecule has 8 nitrogen and oxygen atoms in total. The fourth-order valence-electron chi connectivity index (χ4n) is 3.23. The Morgan fingerprint density at radius 1 is 1.19 bits per heavy atom. The number of fused-ring (bicyclic) bond motifs is 1. The van der Waals surface area contributed by atoms with Gasteiger partial charge in [0.25, 0.3) is 0 Å². The van der Waals surface area contributed by atoms with Crippen molar-refractivity contribution in [1.29, 1.82) is 0 Å². The van der Waals surface area contributed by atoms with Crippen molar-refractivity contribution in [2.45, 2.75) is 30.4 Å². The zero-order valence-electron chi connectivity index (χ0n) is 15.4. The van der Waals surface area contributed by atoms with Gasteiger partial charge in [-0.1, -0.05) is 11.8 Å². The average Bonchev–Trinajstić information content (AvgIpc) is 2.99. The molecule has 0 aliphatic carbocycles. The smallest absolute Gasteiger partial charge is 0.191 e. The zero-order valence-corrected chi connectivity index (χ0v) is 16.2. The van der Waals surface area contributed by atoms with Gasteiger partial charge in [0.05, 0.1) is 19.4 Å². The third-order valence-electron chi connectivity index (χ3n) is 4.61. The van der Waals surface area contributed by atoms with Gasteiger partial charge in [0.15, 0.2) is 5.16 Å². The van der Waals surface area contributed by atoms with Crippen LogP contribution in [0.3, 0.4) is 0 Å². The van der Waals surface area contributed by atoms with Crippen LogP contribution in [0.5, 0.6) is 5.75 Å². The van der Waals surface area contributed by atoms with E-state index in [4.69, 9.17) is 19.9 Å². The lowest BCUT2D eigenvalue weighted by Gasteiger charge is -2.20. The van der Waals surface area contributed by atoms with Gasteiger partial charge < -0.3 is 24.8 Å². The Balaban J connectivity index is 1.37. The van der Waals surface area contributed by atoms with Crippen molar-refractivity contribution in [2.75, 3.05) is 43.2 Å². The molecule has 2 aromatic heterocycles. The maximum absolute atomic E-state index is 6.08. The number of thioether (sulfide) groups is 1. The molecule has 2 aromatic rings. The Kier molecular flexibility index (Phi) is 5.33. The maximum Gasteiger partial charge on any atom is 0.191 e. The second kappa shape index (κ2) is 7.87. The number of hydrogen-bond donors (Lipinski definition) is 1. The summed E-state index contributed by atoms with van der Waals surface area (Å²) in [5.74, 6) is 2.01. The van der Waals surface area contributed by atoms with Crippen LogP contribution in [0.4, 0.5) is 11.6 Å². The minimum absolute atomic E-state index is 0.0244. The monoisotopic (exact) mass is 389 g/mol. The summed E-state index contributed by atoms with van der Waals surface area (Å²) in [6.07, 6.45) is 3.47. The molecule has 4 rings (SSSR count). The Morgan fingerprint density at radius 2 is 1.93 bits per heavy atom. The minimum atomic E-state index is -0.147. The molecule has 0 radical (unpaired) electrons. The Hall–Kier alpha value is -2.10. The van der Waals surface area contributed by atoms with Crippen LogP contribution in [0.2, 0.25) is 0 Å². The standard InChI is InChI=1S/C18H23N5O3S/c1-11-3-4-12(6-20-11)26-13-9-24-14-7-23(8-15(14)25-10-13)17-5-16(19)21-18(22-17)27-2/h3-6,13-15H,7-10H2,1-2H3,(H2,19,21,22)/t14-,15-/m0/s1. The van der Waals surface area contributed by atoms with Gasteiger partial charge in [-0.15, -0.1) is 0 Å². The minimum Gasteiger partial charge on any atom is -0.484 e. The Labute approximate surface area is 162 Å². The summed E-state index contributed by atoms with van der Waals surface area (Å²) in [7, 11) is 0. The molecule has 2 N–H and O–H groups in total. The van der Waals surface area contributed by atoms with E-state index >= 15 is 0 Å². The SMILES string of the molecule is CSc1nc(N)cc(N2C[C@@H]3OCC(Oc4ccc(C)nc4)CO[C@H]3C2)n1. The highest BCUT2D eigenvalue weighted by molar-refractivity contribution is 7.98. The number of aryl methyl sites for hydroxylation is 1. The highest BCUT2D eigenvalue weighted by Gasteiger charge is 2.38. The van der Waals surface area contributed by atoms with E-state index < -0.39 is 0 Å². The Bertz CT molecular complexity index is 775. The van der Waals surface area contributed by atoms with Gasteiger partial charge in [0.1, 0.15) is 35.7 Å². The van der Waals surface area contributed by atoms with Crippen molar-refractivity contribution in [3.8, 4) is 5.75 Å². The van der Waals surface area contributed by atoms with Crippen LogP contribution in [0.15, 0.2) is 29.6 Å². The van der Waals surface area contributed by atoms with E-state index in [0.29, 0.717) is 37.3 Å². The first kappa shape index (κ1) is 18.3. The van der Waals surface area contributed by atoms with Crippen molar-refractivity contribution in [3.05, 3.63) is 30.1 Å². The van der Waals surface area contributed by atoms with Crippen LogP contribution >= 0.6 is 11.8 Å². The number of hydrogen-bond acceptors (Lipinski definition) is 9. The topological polar surface area (TPSA) is 95.6 Å². The summed E-state index contributed by atoms with van der Waals surface area (Å²) in [4.78, 5) is 15.1. The number of pyridine rings is 1. The van der Waals surface area contributed by atoms with E-state index in [-0.39, 0.29) is 18.3 Å². The molecule has 0 amide bonds. The second-order valence-corrected chi connectivity index (χ2v) is 7.43. The number of rotatable bonds is 4. The number of nitrogens with zero attached hydrogens (tertiary/aromatic N) is 4. The molecule has 4 heterocycles. The lowest BCUT2D eigenvalue weighted by Crippen LogP contribution is -2.30. The third-order valence-corrected chi connectivity index (χ3v) is 5.16. The van der Waals surface area contributed by atoms with E-state index in [1.54, 1.807) is 12.3 Å². The second-order valence-electron chi connectivity index (χ2n) is 6.66. The van der Waals surface area contributed by atoms with Crippen LogP contribution in [0.25, 0.3) is 0 Å². The van der Waals surface area contributed by atoms with Crippen LogP contribution in [-0.4, -0.2) is 65.8 Å². The van der Waals surface area contributed by atoms with Crippen LogP contribution in [0.1, 0.15) is 5.69 Å². The Morgan fingerprint density at radius 3 is 2.56 bits per heavy atom. The lowest BCUT2D eigenvalue weighted by molar-refractivity contribution is -0.00461. The molecule has 9 heteroatoms.